The molecule has 0 aliphatic carbocycles. The molecule has 0 spiro atoms. The number of nitrogens with zero attached hydrogens (tertiary/aromatic N) is 2. The number of anilines is 2. The maximum atomic E-state index is 13.4. The first-order valence-corrected chi connectivity index (χ1v) is 11.2. The van der Waals surface area contributed by atoms with Crippen LogP contribution in [0.25, 0.3) is 10.8 Å². The number of nitrogens with one attached hydrogen (secondary N) is 1. The molecular formula is C24H15N3O3S. The summed E-state index contributed by atoms with van der Waals surface area (Å²) in [6.45, 7) is 0. The molecule has 6 nitrogen and oxygen atoms in total. The van der Waals surface area contributed by atoms with Crippen molar-refractivity contribution >= 4 is 49.6 Å². The van der Waals surface area contributed by atoms with Gasteiger partial charge in [-0.15, -0.1) is 0 Å². The van der Waals surface area contributed by atoms with Crippen LogP contribution >= 0.6 is 0 Å². The SMILES string of the molecule is O=C1c2ccccc2C2=Nc3cccc4ccc(S(=O)(=O)Nc5ccccc5)c(c34)N12. The zero-order chi connectivity index (χ0) is 21.2. The first kappa shape index (κ1) is 17.9. The van der Waals surface area contributed by atoms with Crippen molar-refractivity contribution in [2.45, 2.75) is 4.90 Å². The lowest BCUT2D eigenvalue weighted by atomic mass is 10.0. The van der Waals surface area contributed by atoms with E-state index in [1.165, 1.54) is 4.90 Å². The Kier molecular flexibility index (Phi) is 3.61. The van der Waals surface area contributed by atoms with Gasteiger partial charge in [-0.2, -0.15) is 0 Å². The van der Waals surface area contributed by atoms with Crippen molar-refractivity contribution in [1.29, 1.82) is 0 Å². The fourth-order valence-electron chi connectivity index (χ4n) is 4.20. The van der Waals surface area contributed by atoms with Crippen LogP contribution in [0, 0.1) is 0 Å². The van der Waals surface area contributed by atoms with Crippen molar-refractivity contribution in [2.24, 2.45) is 4.99 Å². The zero-order valence-electron chi connectivity index (χ0n) is 16.1. The molecule has 7 heteroatoms. The van der Waals surface area contributed by atoms with Gasteiger partial charge in [-0.25, -0.2) is 13.4 Å². The Hall–Kier alpha value is -3.97. The predicted molar refractivity (Wildman–Crippen MR) is 121 cm³/mol. The van der Waals surface area contributed by atoms with Gasteiger partial charge in [0, 0.05) is 16.6 Å². The smallest absolute Gasteiger partial charge is 0.264 e. The minimum atomic E-state index is -3.98. The van der Waals surface area contributed by atoms with Gasteiger partial charge >= 0.3 is 0 Å². The van der Waals surface area contributed by atoms with Crippen molar-refractivity contribution in [2.75, 3.05) is 9.62 Å². The van der Waals surface area contributed by atoms with Gasteiger partial charge in [-0.05, 0) is 35.7 Å². The Morgan fingerprint density at radius 3 is 2.32 bits per heavy atom. The Morgan fingerprint density at radius 2 is 1.52 bits per heavy atom. The van der Waals surface area contributed by atoms with Gasteiger partial charge in [0.15, 0.2) is 0 Å². The topological polar surface area (TPSA) is 78.8 Å². The Bertz CT molecular complexity index is 1540. The Labute approximate surface area is 178 Å². The maximum absolute atomic E-state index is 13.4. The van der Waals surface area contributed by atoms with Crippen LogP contribution in [0.15, 0.2) is 94.8 Å². The molecule has 31 heavy (non-hydrogen) atoms. The number of carbonyl (C=O) groups excluding carboxylic acids is 1. The molecule has 2 aliphatic rings. The van der Waals surface area contributed by atoms with E-state index < -0.39 is 10.0 Å². The number of hydrogen-bond donors (Lipinski definition) is 1. The normalized spacial score (nSPS) is 14.3. The van der Waals surface area contributed by atoms with Crippen molar-refractivity contribution < 1.29 is 13.2 Å². The summed E-state index contributed by atoms with van der Waals surface area (Å²) in [5, 5.41) is 1.46. The molecule has 0 saturated heterocycles. The van der Waals surface area contributed by atoms with Crippen LogP contribution < -0.4 is 9.62 Å². The molecule has 6 rings (SSSR count). The quantitative estimate of drug-likeness (QED) is 0.517. The second-order valence-electron chi connectivity index (χ2n) is 7.38. The van der Waals surface area contributed by atoms with E-state index in [0.29, 0.717) is 39.4 Å². The summed E-state index contributed by atoms with van der Waals surface area (Å²) in [7, 11) is -3.98. The molecule has 0 saturated carbocycles. The molecule has 0 radical (unpaired) electrons. The summed E-state index contributed by atoms with van der Waals surface area (Å²) in [4.78, 5) is 19.5. The van der Waals surface area contributed by atoms with Gasteiger partial charge in [0.25, 0.3) is 15.9 Å². The van der Waals surface area contributed by atoms with Crippen LogP contribution in [-0.2, 0) is 10.0 Å². The number of para-hydroxylation sites is 1. The molecule has 1 N–H and O–H groups in total. The van der Waals surface area contributed by atoms with E-state index in [-0.39, 0.29) is 10.8 Å². The van der Waals surface area contributed by atoms with E-state index in [1.54, 1.807) is 48.5 Å². The minimum Gasteiger partial charge on any atom is -0.280 e. The number of hydrogen-bond acceptors (Lipinski definition) is 4. The van der Waals surface area contributed by atoms with Crippen LogP contribution in [-0.4, -0.2) is 20.2 Å². The van der Waals surface area contributed by atoms with Crippen molar-refractivity contribution in [3.05, 3.63) is 96.1 Å². The first-order chi connectivity index (χ1) is 15.0. The van der Waals surface area contributed by atoms with E-state index in [9.17, 15) is 13.2 Å². The third kappa shape index (κ3) is 2.53. The van der Waals surface area contributed by atoms with E-state index in [1.807, 2.05) is 36.4 Å². The van der Waals surface area contributed by atoms with Crippen molar-refractivity contribution in [3.63, 3.8) is 0 Å². The lowest BCUT2D eigenvalue weighted by Crippen LogP contribution is -2.33. The number of amidine groups is 1. The number of rotatable bonds is 3. The fourth-order valence-corrected chi connectivity index (χ4v) is 5.46. The average molecular weight is 425 g/mol. The molecule has 0 fully saturated rings. The lowest BCUT2D eigenvalue weighted by Gasteiger charge is -2.27. The summed E-state index contributed by atoms with van der Waals surface area (Å²) in [6, 6.07) is 24.8. The Balaban J connectivity index is 1.63. The standard InChI is InChI=1S/C24H15N3O3S/c28-24-18-11-5-4-10-17(18)23-25-19-12-6-7-15-13-14-20(22(21(15)19)27(23)24)31(29,30)26-16-8-2-1-3-9-16/h1-14,26H. The van der Waals surface area contributed by atoms with E-state index >= 15 is 0 Å². The van der Waals surface area contributed by atoms with Crippen LogP contribution in [0.2, 0.25) is 0 Å². The molecule has 4 aromatic carbocycles. The summed E-state index contributed by atoms with van der Waals surface area (Å²) in [6.07, 6.45) is 0. The maximum Gasteiger partial charge on any atom is 0.264 e. The van der Waals surface area contributed by atoms with Crippen LogP contribution in [0.3, 0.4) is 0 Å². The summed E-state index contributed by atoms with van der Waals surface area (Å²) in [5.41, 5.74) is 2.62. The average Bonchev–Trinajstić information content (AvgIpc) is 3.07. The number of aliphatic imine (C=N–C) groups is 1. The number of fused-ring (bicyclic) bond motifs is 4. The van der Waals surface area contributed by atoms with E-state index in [2.05, 4.69) is 4.72 Å². The molecule has 0 bridgehead atoms. The summed E-state index contributed by atoms with van der Waals surface area (Å²) >= 11 is 0. The second-order valence-corrected chi connectivity index (χ2v) is 9.03. The van der Waals surface area contributed by atoms with Crippen molar-refractivity contribution in [1.82, 2.24) is 0 Å². The first-order valence-electron chi connectivity index (χ1n) is 9.71. The molecule has 150 valence electrons. The van der Waals surface area contributed by atoms with Gasteiger partial charge in [-0.1, -0.05) is 54.6 Å². The largest absolute Gasteiger partial charge is 0.280 e. The third-order valence-corrected chi connectivity index (χ3v) is 6.95. The van der Waals surface area contributed by atoms with Gasteiger partial charge < -0.3 is 0 Å². The number of benzene rings is 4. The number of sulfonamides is 1. The minimum absolute atomic E-state index is 0.0323. The highest BCUT2D eigenvalue weighted by molar-refractivity contribution is 7.93. The van der Waals surface area contributed by atoms with Crippen LogP contribution in [0.4, 0.5) is 17.1 Å². The Morgan fingerprint density at radius 1 is 0.774 bits per heavy atom. The highest BCUT2D eigenvalue weighted by Gasteiger charge is 2.41. The third-order valence-electron chi connectivity index (χ3n) is 5.54. The van der Waals surface area contributed by atoms with Crippen LogP contribution in [0.1, 0.15) is 15.9 Å². The molecular weight excluding hydrogens is 410 g/mol. The molecule has 0 atom stereocenters. The predicted octanol–water partition coefficient (Wildman–Crippen LogP) is 4.69. The lowest BCUT2D eigenvalue weighted by molar-refractivity contribution is 0.101. The second kappa shape index (κ2) is 6.26. The molecule has 0 unspecified atom stereocenters. The van der Waals surface area contributed by atoms with Gasteiger partial charge in [-0.3, -0.25) is 14.4 Å². The van der Waals surface area contributed by atoms with E-state index in [0.717, 1.165) is 5.39 Å². The zero-order valence-corrected chi connectivity index (χ0v) is 16.9. The molecule has 1 amide bonds. The summed E-state index contributed by atoms with van der Waals surface area (Å²) < 4.78 is 29.5. The highest BCUT2D eigenvalue weighted by Crippen LogP contribution is 2.46. The fraction of sp³-hybridized carbons (Fsp3) is 0. The van der Waals surface area contributed by atoms with Crippen LogP contribution in [0.5, 0.6) is 0 Å². The van der Waals surface area contributed by atoms with Gasteiger partial charge in [0.05, 0.1) is 16.9 Å². The summed E-state index contributed by atoms with van der Waals surface area (Å²) in [5.74, 6) is 0.162. The number of amides is 1. The monoisotopic (exact) mass is 425 g/mol. The van der Waals surface area contributed by atoms with Gasteiger partial charge in [0.1, 0.15) is 10.7 Å². The molecule has 2 heterocycles. The molecule has 2 aliphatic heterocycles. The highest BCUT2D eigenvalue weighted by atomic mass is 32.2. The molecule has 0 aromatic heterocycles. The number of carbonyl (C=O) groups is 1. The molecule has 4 aromatic rings. The van der Waals surface area contributed by atoms with Gasteiger partial charge in [0.2, 0.25) is 0 Å². The van der Waals surface area contributed by atoms with Crippen molar-refractivity contribution in [3.8, 4) is 0 Å². The van der Waals surface area contributed by atoms with E-state index in [4.69, 9.17) is 4.99 Å².